The van der Waals surface area contributed by atoms with Crippen molar-refractivity contribution in [2.24, 2.45) is 11.8 Å². The molecule has 1 saturated heterocycles. The molecule has 0 unspecified atom stereocenters. The van der Waals surface area contributed by atoms with Gasteiger partial charge in [-0.2, -0.15) is 5.26 Å². The lowest BCUT2D eigenvalue weighted by Crippen LogP contribution is -2.39. The quantitative estimate of drug-likeness (QED) is 0.278. The number of hydrogen-bond acceptors (Lipinski definition) is 7. The highest BCUT2D eigenvalue weighted by Crippen LogP contribution is 2.37. The lowest BCUT2D eigenvalue weighted by atomic mass is 9.92. The molecule has 0 aliphatic carbocycles. The third-order valence-electron chi connectivity index (χ3n) is 3.44. The highest BCUT2D eigenvalue weighted by molar-refractivity contribution is 8.03. The number of piperidine rings is 1. The van der Waals surface area contributed by atoms with Gasteiger partial charge in [-0.05, 0) is 25.2 Å². The second-order valence-electron chi connectivity index (χ2n) is 5.55. The number of anilines is 1. The Morgan fingerprint density at radius 3 is 2.52 bits per heavy atom. The molecule has 0 bridgehead atoms. The summed E-state index contributed by atoms with van der Waals surface area (Å²) in [7, 11) is 0. The third kappa shape index (κ3) is 3.42. The van der Waals surface area contributed by atoms with E-state index in [1.165, 1.54) is 0 Å². The van der Waals surface area contributed by atoms with Crippen LogP contribution in [0, 0.1) is 39.5 Å². The highest BCUT2D eigenvalue weighted by atomic mass is 32.2. The number of nitrogens with zero attached hydrogens (tertiary/aromatic N) is 5. The van der Waals surface area contributed by atoms with E-state index in [1.54, 1.807) is 6.92 Å². The molecule has 21 heavy (non-hydrogen) atoms. The van der Waals surface area contributed by atoms with Gasteiger partial charge in [0.25, 0.3) is 0 Å². The van der Waals surface area contributed by atoms with Crippen LogP contribution >= 0.6 is 11.8 Å². The van der Waals surface area contributed by atoms with Crippen molar-refractivity contribution < 1.29 is 4.92 Å². The fourth-order valence-electron chi connectivity index (χ4n) is 2.86. The molecule has 2 atom stereocenters. The van der Waals surface area contributed by atoms with E-state index in [2.05, 4.69) is 23.8 Å². The van der Waals surface area contributed by atoms with Gasteiger partial charge in [0.1, 0.15) is 11.2 Å². The second-order valence-corrected chi connectivity index (χ2v) is 6.32. The Labute approximate surface area is 127 Å². The Morgan fingerprint density at radius 2 is 2.00 bits per heavy atom. The van der Waals surface area contributed by atoms with E-state index in [-0.39, 0.29) is 10.7 Å². The van der Waals surface area contributed by atoms with Gasteiger partial charge >= 0.3 is 5.69 Å². The van der Waals surface area contributed by atoms with Crippen LogP contribution < -0.4 is 4.90 Å². The monoisotopic (exact) mass is 307 g/mol. The first-order chi connectivity index (χ1) is 9.92. The molecule has 0 spiro atoms. The van der Waals surface area contributed by atoms with E-state index in [9.17, 15) is 10.1 Å². The summed E-state index contributed by atoms with van der Waals surface area (Å²) in [5.74, 6) is 1.69. The average molecular weight is 307 g/mol. The van der Waals surface area contributed by atoms with E-state index in [0.717, 1.165) is 19.5 Å². The Morgan fingerprint density at radius 1 is 1.38 bits per heavy atom. The largest absolute Gasteiger partial charge is 0.350 e. The molecule has 1 fully saturated rings. The van der Waals surface area contributed by atoms with Gasteiger partial charge in [0.2, 0.25) is 5.82 Å². The number of hydrogen-bond donors (Lipinski definition) is 0. The van der Waals surface area contributed by atoms with E-state index in [1.807, 2.05) is 10.3 Å². The average Bonchev–Trinajstić information content (AvgIpc) is 2.36. The minimum absolute atomic E-state index is 0.121. The smallest absolute Gasteiger partial charge is 0.344 e. The van der Waals surface area contributed by atoms with Crippen LogP contribution in [0.5, 0.6) is 0 Å². The molecular formula is C13H17N5O2S. The van der Waals surface area contributed by atoms with Gasteiger partial charge in [-0.25, -0.2) is 9.97 Å². The SMILES string of the molecule is Cc1nc(SC#N)c([N+](=O)[O-])c(N2C[C@H](C)C[C@H](C)C2)n1. The lowest BCUT2D eigenvalue weighted by molar-refractivity contribution is -0.387. The Hall–Kier alpha value is -1.88. The minimum atomic E-state index is -0.488. The van der Waals surface area contributed by atoms with Crippen LogP contribution in [0.1, 0.15) is 26.1 Å². The van der Waals surface area contributed by atoms with Crippen LogP contribution in [-0.2, 0) is 0 Å². The summed E-state index contributed by atoms with van der Waals surface area (Å²) >= 11 is 0.710. The van der Waals surface area contributed by atoms with Gasteiger partial charge < -0.3 is 4.90 Å². The molecule has 2 rings (SSSR count). The normalized spacial score (nSPS) is 21.9. The van der Waals surface area contributed by atoms with Crippen molar-refractivity contribution in [2.75, 3.05) is 18.0 Å². The van der Waals surface area contributed by atoms with E-state index < -0.39 is 4.92 Å². The Kier molecular flexibility index (Phi) is 4.63. The van der Waals surface area contributed by atoms with Crippen molar-refractivity contribution in [3.05, 3.63) is 15.9 Å². The van der Waals surface area contributed by atoms with Crippen LogP contribution in [0.15, 0.2) is 5.03 Å². The number of nitro groups is 1. The van der Waals surface area contributed by atoms with Gasteiger partial charge in [0, 0.05) is 24.9 Å². The standard InChI is InChI=1S/C13H17N5O2S/c1-8-4-9(2)6-17(5-8)12-11(18(19)20)13(21-7-14)16-10(3)15-12/h8-9H,4-6H2,1-3H3/t8-,9+. The van der Waals surface area contributed by atoms with Crippen molar-refractivity contribution in [3.63, 3.8) is 0 Å². The fourth-order valence-corrected chi connectivity index (χ4v) is 3.38. The summed E-state index contributed by atoms with van der Waals surface area (Å²) < 4.78 is 0. The van der Waals surface area contributed by atoms with Crippen molar-refractivity contribution in [1.29, 1.82) is 5.26 Å². The zero-order chi connectivity index (χ0) is 15.6. The van der Waals surface area contributed by atoms with Gasteiger partial charge in [0.05, 0.1) is 4.92 Å². The number of thiocyanates is 1. The Bertz CT molecular complexity index is 591. The molecule has 0 radical (unpaired) electrons. The van der Waals surface area contributed by atoms with Gasteiger partial charge in [-0.3, -0.25) is 10.1 Å². The number of thioether (sulfide) groups is 1. The summed E-state index contributed by atoms with van der Waals surface area (Å²) in [6.45, 7) is 7.42. The second kappa shape index (κ2) is 6.26. The molecule has 112 valence electrons. The molecule has 1 aliphatic rings. The molecule has 1 aromatic rings. The van der Waals surface area contributed by atoms with Gasteiger partial charge in [-0.15, -0.1) is 0 Å². The molecule has 7 nitrogen and oxygen atoms in total. The summed E-state index contributed by atoms with van der Waals surface area (Å²) in [6, 6.07) is 0. The summed E-state index contributed by atoms with van der Waals surface area (Å²) in [5.41, 5.74) is -0.159. The minimum Gasteiger partial charge on any atom is -0.350 e. The lowest BCUT2D eigenvalue weighted by Gasteiger charge is -2.35. The molecule has 0 amide bonds. The molecule has 1 aliphatic heterocycles. The zero-order valence-corrected chi connectivity index (χ0v) is 13.1. The van der Waals surface area contributed by atoms with Crippen LogP contribution in [0.3, 0.4) is 0 Å². The maximum Gasteiger partial charge on any atom is 0.344 e. The molecule has 1 aromatic heterocycles. The van der Waals surface area contributed by atoms with Crippen LogP contribution in [0.25, 0.3) is 0 Å². The first-order valence-corrected chi connectivity index (χ1v) is 7.58. The fraction of sp³-hybridized carbons (Fsp3) is 0.615. The van der Waals surface area contributed by atoms with Crippen LogP contribution in [0.4, 0.5) is 11.5 Å². The Balaban J connectivity index is 2.51. The number of aryl methyl sites for hydroxylation is 1. The number of aromatic nitrogens is 2. The van der Waals surface area contributed by atoms with E-state index >= 15 is 0 Å². The topological polar surface area (TPSA) is 95.9 Å². The predicted molar refractivity (Wildman–Crippen MR) is 80.1 cm³/mol. The van der Waals surface area contributed by atoms with Crippen LogP contribution in [0.2, 0.25) is 0 Å². The molecule has 0 aromatic carbocycles. The molecule has 0 N–H and O–H groups in total. The van der Waals surface area contributed by atoms with Crippen LogP contribution in [-0.4, -0.2) is 28.0 Å². The van der Waals surface area contributed by atoms with Crippen molar-refractivity contribution in [1.82, 2.24) is 9.97 Å². The first-order valence-electron chi connectivity index (χ1n) is 6.76. The third-order valence-corrected chi connectivity index (χ3v) is 4.01. The molecule has 0 saturated carbocycles. The summed E-state index contributed by atoms with van der Waals surface area (Å²) in [6.07, 6.45) is 1.11. The maximum atomic E-state index is 11.4. The summed E-state index contributed by atoms with van der Waals surface area (Å²) in [5, 5.41) is 22.2. The molecule has 2 heterocycles. The maximum absolute atomic E-state index is 11.4. The number of nitriles is 1. The van der Waals surface area contributed by atoms with Crippen molar-refractivity contribution in [3.8, 4) is 5.40 Å². The van der Waals surface area contributed by atoms with Crippen molar-refractivity contribution >= 4 is 23.3 Å². The molecule has 8 heteroatoms. The first kappa shape index (κ1) is 15.5. The summed E-state index contributed by atoms with van der Waals surface area (Å²) in [4.78, 5) is 21.2. The number of rotatable bonds is 3. The van der Waals surface area contributed by atoms with Gasteiger partial charge in [-0.1, -0.05) is 13.8 Å². The van der Waals surface area contributed by atoms with E-state index in [4.69, 9.17) is 5.26 Å². The predicted octanol–water partition coefficient (Wildman–Crippen LogP) is 2.75. The van der Waals surface area contributed by atoms with Gasteiger partial charge in [0.15, 0.2) is 5.03 Å². The van der Waals surface area contributed by atoms with Crippen molar-refractivity contribution in [2.45, 2.75) is 32.2 Å². The van der Waals surface area contributed by atoms with E-state index in [0.29, 0.717) is 35.2 Å². The highest BCUT2D eigenvalue weighted by Gasteiger charge is 2.32. The molecular weight excluding hydrogens is 290 g/mol. The zero-order valence-electron chi connectivity index (χ0n) is 12.2.